The molecule has 0 saturated carbocycles. The van der Waals surface area contributed by atoms with Crippen molar-refractivity contribution >= 4 is 17.6 Å². The molecule has 1 heterocycles. The molecular formula is C11H11NO3. The fourth-order valence-electron chi connectivity index (χ4n) is 1.92. The summed E-state index contributed by atoms with van der Waals surface area (Å²) in [5, 5.41) is 9.02. The quantitative estimate of drug-likeness (QED) is 0.750. The molecule has 1 atom stereocenters. The Labute approximate surface area is 87.1 Å². The zero-order chi connectivity index (χ0) is 11.0. The highest BCUT2D eigenvalue weighted by molar-refractivity contribution is 5.97. The fraction of sp³-hybridized carbons (Fsp3) is 0.273. The van der Waals surface area contributed by atoms with Gasteiger partial charge in [0.2, 0.25) is 5.91 Å². The molecule has 0 unspecified atom stereocenters. The standard InChI is InChI=1S/C11H11NO3/c1-7(13)12-6-9(11(14)15)8-4-2-3-5-10(8)12/h2-5,9H,6H2,1H3,(H,14,15)/t9-/m1/s1. The molecule has 0 spiro atoms. The van der Waals surface area contributed by atoms with Gasteiger partial charge in [0.1, 0.15) is 5.92 Å². The number of carboxylic acids is 1. The van der Waals surface area contributed by atoms with Gasteiger partial charge in [-0.3, -0.25) is 9.59 Å². The smallest absolute Gasteiger partial charge is 0.312 e. The number of fused-ring (bicyclic) bond motifs is 1. The van der Waals surface area contributed by atoms with Gasteiger partial charge in [0.05, 0.1) is 0 Å². The van der Waals surface area contributed by atoms with Crippen molar-refractivity contribution in [1.29, 1.82) is 0 Å². The van der Waals surface area contributed by atoms with Gasteiger partial charge < -0.3 is 10.0 Å². The number of anilines is 1. The third-order valence-electron chi connectivity index (χ3n) is 2.65. The number of hydrogen-bond acceptors (Lipinski definition) is 2. The zero-order valence-electron chi connectivity index (χ0n) is 8.30. The minimum atomic E-state index is -0.883. The molecule has 1 aromatic rings. The number of hydrogen-bond donors (Lipinski definition) is 1. The highest BCUT2D eigenvalue weighted by Gasteiger charge is 2.34. The van der Waals surface area contributed by atoms with E-state index in [-0.39, 0.29) is 12.5 Å². The van der Waals surface area contributed by atoms with Crippen LogP contribution in [0.3, 0.4) is 0 Å². The number of carbonyl (C=O) groups excluding carboxylic acids is 1. The molecular weight excluding hydrogens is 194 g/mol. The molecule has 1 aromatic carbocycles. The van der Waals surface area contributed by atoms with Gasteiger partial charge in [-0.1, -0.05) is 18.2 Å². The molecule has 4 heteroatoms. The third-order valence-corrected chi connectivity index (χ3v) is 2.65. The Hall–Kier alpha value is -1.84. The van der Waals surface area contributed by atoms with E-state index in [1.807, 2.05) is 0 Å². The van der Waals surface area contributed by atoms with Crippen LogP contribution in [0.4, 0.5) is 5.69 Å². The van der Waals surface area contributed by atoms with Crippen LogP contribution in [0, 0.1) is 0 Å². The minimum absolute atomic E-state index is 0.119. The summed E-state index contributed by atoms with van der Waals surface area (Å²) in [5.74, 6) is -1.59. The van der Waals surface area contributed by atoms with Gasteiger partial charge >= 0.3 is 5.97 Å². The Kier molecular flexibility index (Phi) is 2.19. The van der Waals surface area contributed by atoms with Crippen molar-refractivity contribution in [3.8, 4) is 0 Å². The molecule has 1 amide bonds. The Bertz CT molecular complexity index is 389. The number of para-hydroxylation sites is 1. The fourth-order valence-corrected chi connectivity index (χ4v) is 1.92. The second-order valence-electron chi connectivity index (χ2n) is 3.58. The average molecular weight is 205 g/mol. The largest absolute Gasteiger partial charge is 0.481 e. The maximum atomic E-state index is 11.3. The van der Waals surface area contributed by atoms with Crippen LogP contribution < -0.4 is 4.90 Å². The number of benzene rings is 1. The number of aliphatic carboxylic acids is 1. The maximum absolute atomic E-state index is 11.3. The maximum Gasteiger partial charge on any atom is 0.312 e. The molecule has 2 rings (SSSR count). The summed E-state index contributed by atoms with van der Waals surface area (Å²) in [6.45, 7) is 1.69. The molecule has 0 aliphatic carbocycles. The lowest BCUT2D eigenvalue weighted by Gasteiger charge is -2.14. The van der Waals surface area contributed by atoms with E-state index < -0.39 is 11.9 Å². The van der Waals surface area contributed by atoms with Crippen LogP contribution in [0.2, 0.25) is 0 Å². The Morgan fingerprint density at radius 1 is 1.40 bits per heavy atom. The van der Waals surface area contributed by atoms with E-state index in [0.29, 0.717) is 0 Å². The van der Waals surface area contributed by atoms with Crippen LogP contribution in [0.5, 0.6) is 0 Å². The zero-order valence-corrected chi connectivity index (χ0v) is 8.30. The van der Waals surface area contributed by atoms with Crippen molar-refractivity contribution < 1.29 is 14.7 Å². The molecule has 1 N–H and O–H groups in total. The molecule has 0 saturated heterocycles. The van der Waals surface area contributed by atoms with Crippen LogP contribution in [-0.2, 0) is 9.59 Å². The molecule has 78 valence electrons. The summed E-state index contributed by atoms with van der Waals surface area (Å²) in [6, 6.07) is 7.13. The van der Waals surface area contributed by atoms with Crippen molar-refractivity contribution in [3.05, 3.63) is 29.8 Å². The van der Waals surface area contributed by atoms with Crippen molar-refractivity contribution in [2.75, 3.05) is 11.4 Å². The van der Waals surface area contributed by atoms with E-state index in [1.54, 1.807) is 24.3 Å². The first-order valence-electron chi connectivity index (χ1n) is 4.71. The van der Waals surface area contributed by atoms with E-state index >= 15 is 0 Å². The molecule has 0 aromatic heterocycles. The average Bonchev–Trinajstić information content (AvgIpc) is 2.56. The van der Waals surface area contributed by atoms with Crippen LogP contribution in [0.15, 0.2) is 24.3 Å². The highest BCUT2D eigenvalue weighted by atomic mass is 16.4. The number of amides is 1. The second-order valence-corrected chi connectivity index (χ2v) is 3.58. The Balaban J connectivity index is 2.48. The van der Waals surface area contributed by atoms with Crippen molar-refractivity contribution in [3.63, 3.8) is 0 Å². The molecule has 0 fully saturated rings. The van der Waals surface area contributed by atoms with Crippen LogP contribution in [0.1, 0.15) is 18.4 Å². The molecule has 15 heavy (non-hydrogen) atoms. The van der Waals surface area contributed by atoms with Crippen LogP contribution in [0.25, 0.3) is 0 Å². The third kappa shape index (κ3) is 1.48. The van der Waals surface area contributed by atoms with Gasteiger partial charge in [-0.15, -0.1) is 0 Å². The predicted molar refractivity (Wildman–Crippen MR) is 54.8 cm³/mol. The van der Waals surface area contributed by atoms with E-state index in [0.717, 1.165) is 11.3 Å². The molecule has 1 aliphatic heterocycles. The summed E-state index contributed by atoms with van der Waals surface area (Å²) >= 11 is 0. The van der Waals surface area contributed by atoms with Gasteiger partial charge in [0.25, 0.3) is 0 Å². The lowest BCUT2D eigenvalue weighted by atomic mass is 10.0. The first kappa shape index (κ1) is 9.71. The first-order chi connectivity index (χ1) is 7.11. The SMILES string of the molecule is CC(=O)N1C[C@@H](C(=O)O)c2ccccc21. The normalized spacial score (nSPS) is 18.7. The van der Waals surface area contributed by atoms with Crippen molar-refractivity contribution in [2.24, 2.45) is 0 Å². The summed E-state index contributed by atoms with van der Waals surface area (Å²) in [6.07, 6.45) is 0. The van der Waals surface area contributed by atoms with Gasteiger partial charge in [-0.25, -0.2) is 0 Å². The topological polar surface area (TPSA) is 57.6 Å². The van der Waals surface area contributed by atoms with Crippen LogP contribution in [-0.4, -0.2) is 23.5 Å². The number of carbonyl (C=O) groups is 2. The Morgan fingerprint density at radius 3 is 2.67 bits per heavy atom. The van der Waals surface area contributed by atoms with Crippen molar-refractivity contribution in [2.45, 2.75) is 12.8 Å². The van der Waals surface area contributed by atoms with Gasteiger partial charge in [-0.05, 0) is 11.6 Å². The first-order valence-corrected chi connectivity index (χ1v) is 4.71. The second kappa shape index (κ2) is 3.38. The van der Waals surface area contributed by atoms with Gasteiger partial charge in [0, 0.05) is 19.2 Å². The molecule has 1 aliphatic rings. The lowest BCUT2D eigenvalue weighted by molar-refractivity contribution is -0.138. The summed E-state index contributed by atoms with van der Waals surface area (Å²) in [5.41, 5.74) is 1.44. The minimum Gasteiger partial charge on any atom is -0.481 e. The number of nitrogens with zero attached hydrogens (tertiary/aromatic N) is 1. The van der Waals surface area contributed by atoms with Crippen LogP contribution >= 0.6 is 0 Å². The summed E-state index contributed by atoms with van der Waals surface area (Å²) in [4.78, 5) is 23.8. The predicted octanol–water partition coefficient (Wildman–Crippen LogP) is 1.22. The lowest BCUT2D eigenvalue weighted by Crippen LogP contribution is -2.28. The summed E-state index contributed by atoms with van der Waals surface area (Å²) in [7, 11) is 0. The monoisotopic (exact) mass is 205 g/mol. The highest BCUT2D eigenvalue weighted by Crippen LogP contribution is 2.35. The number of carboxylic acid groups (broad SMARTS) is 1. The van der Waals surface area contributed by atoms with Gasteiger partial charge in [-0.2, -0.15) is 0 Å². The number of rotatable bonds is 1. The van der Waals surface area contributed by atoms with E-state index in [4.69, 9.17) is 5.11 Å². The van der Waals surface area contributed by atoms with E-state index in [2.05, 4.69) is 0 Å². The molecule has 0 bridgehead atoms. The Morgan fingerprint density at radius 2 is 2.07 bits per heavy atom. The van der Waals surface area contributed by atoms with Gasteiger partial charge in [0.15, 0.2) is 0 Å². The molecule has 0 radical (unpaired) electrons. The van der Waals surface area contributed by atoms with E-state index in [9.17, 15) is 9.59 Å². The molecule has 4 nitrogen and oxygen atoms in total. The van der Waals surface area contributed by atoms with E-state index in [1.165, 1.54) is 11.8 Å². The van der Waals surface area contributed by atoms with Crippen molar-refractivity contribution in [1.82, 2.24) is 0 Å². The summed E-state index contributed by atoms with van der Waals surface area (Å²) < 4.78 is 0.